The molecule has 0 aliphatic carbocycles. The van der Waals surface area contributed by atoms with E-state index in [1.165, 1.54) is 0 Å². The molecule has 0 fully saturated rings. The van der Waals surface area contributed by atoms with E-state index in [-0.39, 0.29) is 0 Å². The van der Waals surface area contributed by atoms with E-state index >= 15 is 0 Å². The van der Waals surface area contributed by atoms with Crippen molar-refractivity contribution in [2.24, 2.45) is 0 Å². The number of hydrogen-bond acceptors (Lipinski definition) is 3. The second kappa shape index (κ2) is 4.53. The molecule has 3 N–H and O–H groups in total. The van der Waals surface area contributed by atoms with Crippen LogP contribution in [0.3, 0.4) is 0 Å². The van der Waals surface area contributed by atoms with Crippen molar-refractivity contribution >= 4 is 11.4 Å². The fraction of sp³-hybridized carbons (Fsp3) is 0.500. The van der Waals surface area contributed by atoms with Gasteiger partial charge < -0.3 is 15.7 Å². The monoisotopic (exact) mass is 208 g/mol. The van der Waals surface area contributed by atoms with E-state index in [2.05, 4.69) is 11.8 Å². The third-order valence-corrected chi connectivity index (χ3v) is 2.22. The first-order valence-electron chi connectivity index (χ1n) is 5.25. The molecule has 1 aromatic carbocycles. The molecule has 0 radical (unpaired) electrons. The number of rotatable bonds is 4. The molecular weight excluding hydrogens is 188 g/mol. The van der Waals surface area contributed by atoms with Crippen LogP contribution in [0.25, 0.3) is 0 Å². The van der Waals surface area contributed by atoms with Crippen LogP contribution in [0.2, 0.25) is 0 Å². The van der Waals surface area contributed by atoms with E-state index in [1.807, 2.05) is 38.1 Å². The fourth-order valence-electron chi connectivity index (χ4n) is 1.54. The number of hydrogen-bond donors (Lipinski definition) is 2. The van der Waals surface area contributed by atoms with Crippen LogP contribution >= 0.6 is 0 Å². The molecule has 0 spiro atoms. The maximum absolute atomic E-state index is 9.77. The lowest BCUT2D eigenvalue weighted by Gasteiger charge is -2.29. The zero-order chi connectivity index (χ0) is 11.5. The lowest BCUT2D eigenvalue weighted by Crippen LogP contribution is -2.38. The lowest BCUT2D eigenvalue weighted by atomic mass is 10.1. The number of aliphatic hydroxyl groups is 1. The Labute approximate surface area is 91.5 Å². The zero-order valence-electron chi connectivity index (χ0n) is 9.70. The molecule has 0 aliphatic rings. The van der Waals surface area contributed by atoms with E-state index in [4.69, 9.17) is 5.73 Å². The Morgan fingerprint density at radius 2 is 1.80 bits per heavy atom. The van der Waals surface area contributed by atoms with Gasteiger partial charge in [0.2, 0.25) is 0 Å². The van der Waals surface area contributed by atoms with Crippen LogP contribution in [0.4, 0.5) is 11.4 Å². The van der Waals surface area contributed by atoms with Crippen LogP contribution in [0.15, 0.2) is 24.3 Å². The number of likely N-dealkylation sites (N-methyl/N-ethyl adjacent to an activating group) is 1. The Morgan fingerprint density at radius 3 is 2.20 bits per heavy atom. The average Bonchev–Trinajstić information content (AvgIpc) is 2.14. The molecule has 84 valence electrons. The predicted molar refractivity (Wildman–Crippen MR) is 65.0 cm³/mol. The second-order valence-corrected chi connectivity index (χ2v) is 4.42. The normalized spacial score (nSPS) is 11.5. The summed E-state index contributed by atoms with van der Waals surface area (Å²) in [5.74, 6) is 0. The summed E-state index contributed by atoms with van der Waals surface area (Å²) in [5.41, 5.74) is 6.80. The minimum atomic E-state index is -0.683. The number of nitrogens with zero attached hydrogens (tertiary/aromatic N) is 1. The topological polar surface area (TPSA) is 49.5 Å². The Morgan fingerprint density at radius 1 is 1.27 bits per heavy atom. The van der Waals surface area contributed by atoms with Crippen molar-refractivity contribution in [1.82, 2.24) is 0 Å². The number of nitrogen functional groups attached to an aromatic ring is 1. The third kappa shape index (κ3) is 3.80. The van der Waals surface area contributed by atoms with E-state index in [0.29, 0.717) is 6.54 Å². The van der Waals surface area contributed by atoms with Gasteiger partial charge in [-0.15, -0.1) is 0 Å². The van der Waals surface area contributed by atoms with Crippen LogP contribution in [-0.2, 0) is 0 Å². The molecule has 0 amide bonds. The molecule has 0 atom stereocenters. The van der Waals surface area contributed by atoms with Gasteiger partial charge in [0.15, 0.2) is 0 Å². The van der Waals surface area contributed by atoms with Gasteiger partial charge in [0, 0.05) is 24.5 Å². The van der Waals surface area contributed by atoms with Crippen molar-refractivity contribution in [3.05, 3.63) is 24.3 Å². The predicted octanol–water partition coefficient (Wildman–Crippen LogP) is 1.87. The summed E-state index contributed by atoms with van der Waals surface area (Å²) in [6, 6.07) is 7.71. The molecular formula is C12H20N2O. The minimum absolute atomic E-state index is 0.618. The summed E-state index contributed by atoms with van der Waals surface area (Å²) < 4.78 is 0. The molecule has 0 heterocycles. The molecule has 0 aromatic heterocycles. The lowest BCUT2D eigenvalue weighted by molar-refractivity contribution is 0.0876. The summed E-state index contributed by atoms with van der Waals surface area (Å²) in [5, 5.41) is 9.77. The molecule has 0 bridgehead atoms. The highest BCUT2D eigenvalue weighted by Gasteiger charge is 2.17. The average molecular weight is 208 g/mol. The second-order valence-electron chi connectivity index (χ2n) is 4.42. The fourth-order valence-corrected chi connectivity index (χ4v) is 1.54. The highest BCUT2D eigenvalue weighted by molar-refractivity contribution is 5.53. The molecule has 0 saturated heterocycles. The van der Waals surface area contributed by atoms with Crippen molar-refractivity contribution in [3.8, 4) is 0 Å². The quantitative estimate of drug-likeness (QED) is 0.743. The summed E-state index contributed by atoms with van der Waals surface area (Å²) in [7, 11) is 0. The van der Waals surface area contributed by atoms with Crippen LogP contribution in [0.1, 0.15) is 20.8 Å². The van der Waals surface area contributed by atoms with E-state index in [1.54, 1.807) is 0 Å². The number of anilines is 2. The smallest absolute Gasteiger partial charge is 0.0765 e. The Hall–Kier alpha value is -1.22. The Bertz CT molecular complexity index is 300. The Balaban J connectivity index is 2.79. The van der Waals surface area contributed by atoms with Gasteiger partial charge in [-0.25, -0.2) is 0 Å². The van der Waals surface area contributed by atoms with Gasteiger partial charge in [0.05, 0.1) is 5.60 Å². The number of benzene rings is 1. The first-order valence-corrected chi connectivity index (χ1v) is 5.25. The number of nitrogens with two attached hydrogens (primary N) is 1. The van der Waals surface area contributed by atoms with Gasteiger partial charge >= 0.3 is 0 Å². The third-order valence-electron chi connectivity index (χ3n) is 2.22. The standard InChI is InChI=1S/C12H20N2O/c1-4-14(9-12(2,3)15)11-7-5-10(13)6-8-11/h5-8,15H,4,9,13H2,1-3H3. The van der Waals surface area contributed by atoms with Crippen molar-refractivity contribution in [2.75, 3.05) is 23.7 Å². The maximum atomic E-state index is 9.77. The minimum Gasteiger partial charge on any atom is -0.399 e. The highest BCUT2D eigenvalue weighted by atomic mass is 16.3. The van der Waals surface area contributed by atoms with Gasteiger partial charge in [-0.05, 0) is 45.0 Å². The van der Waals surface area contributed by atoms with Crippen LogP contribution in [-0.4, -0.2) is 23.8 Å². The van der Waals surface area contributed by atoms with Gasteiger partial charge in [0.25, 0.3) is 0 Å². The van der Waals surface area contributed by atoms with Gasteiger partial charge in [-0.1, -0.05) is 0 Å². The SMILES string of the molecule is CCN(CC(C)(C)O)c1ccc(N)cc1. The van der Waals surface area contributed by atoms with Crippen LogP contribution in [0, 0.1) is 0 Å². The van der Waals surface area contributed by atoms with Crippen molar-refractivity contribution in [2.45, 2.75) is 26.4 Å². The van der Waals surface area contributed by atoms with Crippen LogP contribution in [0.5, 0.6) is 0 Å². The summed E-state index contributed by atoms with van der Waals surface area (Å²) in [6.45, 7) is 7.18. The molecule has 0 unspecified atom stereocenters. The maximum Gasteiger partial charge on any atom is 0.0765 e. The molecule has 15 heavy (non-hydrogen) atoms. The van der Waals surface area contributed by atoms with E-state index in [9.17, 15) is 5.11 Å². The summed E-state index contributed by atoms with van der Waals surface area (Å²) >= 11 is 0. The largest absolute Gasteiger partial charge is 0.399 e. The molecule has 0 saturated carbocycles. The first kappa shape index (κ1) is 11.9. The van der Waals surface area contributed by atoms with Crippen molar-refractivity contribution in [3.63, 3.8) is 0 Å². The Kier molecular flexibility index (Phi) is 3.58. The molecule has 1 aromatic rings. The van der Waals surface area contributed by atoms with E-state index < -0.39 is 5.60 Å². The van der Waals surface area contributed by atoms with Gasteiger partial charge in [-0.3, -0.25) is 0 Å². The molecule has 3 heteroatoms. The van der Waals surface area contributed by atoms with Crippen LogP contribution < -0.4 is 10.6 Å². The highest BCUT2D eigenvalue weighted by Crippen LogP contribution is 2.18. The first-order chi connectivity index (χ1) is 6.92. The zero-order valence-corrected chi connectivity index (χ0v) is 9.70. The summed E-state index contributed by atoms with van der Waals surface area (Å²) in [4.78, 5) is 2.12. The van der Waals surface area contributed by atoms with Crippen molar-refractivity contribution < 1.29 is 5.11 Å². The molecule has 0 aliphatic heterocycles. The van der Waals surface area contributed by atoms with Crippen molar-refractivity contribution in [1.29, 1.82) is 0 Å². The van der Waals surface area contributed by atoms with E-state index in [0.717, 1.165) is 17.9 Å². The summed E-state index contributed by atoms with van der Waals surface area (Å²) in [6.07, 6.45) is 0. The molecule has 3 nitrogen and oxygen atoms in total. The van der Waals surface area contributed by atoms with Gasteiger partial charge in [0.1, 0.15) is 0 Å². The molecule has 1 rings (SSSR count). The van der Waals surface area contributed by atoms with Gasteiger partial charge in [-0.2, -0.15) is 0 Å².